The van der Waals surface area contributed by atoms with Crippen molar-refractivity contribution in [1.29, 1.82) is 0 Å². The van der Waals surface area contributed by atoms with Crippen molar-refractivity contribution in [2.75, 3.05) is 49.9 Å². The summed E-state index contributed by atoms with van der Waals surface area (Å²) in [7, 11) is 0. The number of fused-ring (bicyclic) bond motifs is 1. The van der Waals surface area contributed by atoms with Gasteiger partial charge in [0, 0.05) is 56.6 Å². The van der Waals surface area contributed by atoms with Crippen molar-refractivity contribution in [3.8, 4) is 0 Å². The van der Waals surface area contributed by atoms with Crippen LogP contribution in [-0.4, -0.2) is 66.1 Å². The average molecular weight is 426 g/mol. The molecule has 1 aliphatic heterocycles. The summed E-state index contributed by atoms with van der Waals surface area (Å²) in [5.41, 5.74) is 6.42. The second-order valence-corrected chi connectivity index (χ2v) is 8.88. The Morgan fingerprint density at radius 3 is 2.68 bits per heavy atom. The molecule has 1 aromatic heterocycles. The number of carbonyl (C=O) groups excluding carboxylic acids is 1. The third-order valence-corrected chi connectivity index (χ3v) is 6.77. The smallest absolute Gasteiger partial charge is 0.225 e. The number of amides is 1. The van der Waals surface area contributed by atoms with Gasteiger partial charge >= 0.3 is 0 Å². The number of piperazine rings is 1. The van der Waals surface area contributed by atoms with Crippen LogP contribution in [0.1, 0.15) is 32.6 Å². The number of para-hydroxylation sites is 1. The zero-order chi connectivity index (χ0) is 21.6. The number of nitrogens with zero attached hydrogens (tertiary/aromatic N) is 3. The minimum absolute atomic E-state index is 0.0341. The predicted molar refractivity (Wildman–Crippen MR) is 125 cm³/mol. The zero-order valence-electron chi connectivity index (χ0n) is 18.4. The average Bonchev–Trinajstić information content (AvgIpc) is 2.80. The Morgan fingerprint density at radius 1 is 1.19 bits per heavy atom. The van der Waals surface area contributed by atoms with Gasteiger partial charge in [0.25, 0.3) is 0 Å². The Hall–Kier alpha value is -2.45. The van der Waals surface area contributed by atoms with Crippen molar-refractivity contribution >= 4 is 28.6 Å². The van der Waals surface area contributed by atoms with E-state index in [-0.39, 0.29) is 17.9 Å². The summed E-state index contributed by atoms with van der Waals surface area (Å²) in [5.74, 6) is 1.91. The van der Waals surface area contributed by atoms with Gasteiger partial charge in [-0.15, -0.1) is 0 Å². The van der Waals surface area contributed by atoms with Crippen LogP contribution in [0.25, 0.3) is 10.9 Å². The van der Waals surface area contributed by atoms with Crippen LogP contribution in [0.4, 0.5) is 11.8 Å². The maximum atomic E-state index is 11.4. The monoisotopic (exact) mass is 425 g/mol. The summed E-state index contributed by atoms with van der Waals surface area (Å²) < 4.78 is 0. The molecule has 168 valence electrons. The summed E-state index contributed by atoms with van der Waals surface area (Å²) in [5, 5.41) is 11.5. The van der Waals surface area contributed by atoms with Gasteiger partial charge in [0.1, 0.15) is 5.82 Å². The molecule has 2 heterocycles. The van der Waals surface area contributed by atoms with Crippen LogP contribution in [0.5, 0.6) is 0 Å². The lowest BCUT2D eigenvalue weighted by Crippen LogP contribution is -2.45. The van der Waals surface area contributed by atoms with Crippen LogP contribution in [-0.2, 0) is 4.79 Å². The van der Waals surface area contributed by atoms with Crippen molar-refractivity contribution in [1.82, 2.24) is 20.2 Å². The maximum absolute atomic E-state index is 11.4. The maximum Gasteiger partial charge on any atom is 0.225 e. The fourth-order valence-corrected chi connectivity index (χ4v) is 4.77. The third kappa shape index (κ3) is 5.62. The van der Waals surface area contributed by atoms with Gasteiger partial charge < -0.3 is 21.7 Å². The first-order valence-corrected chi connectivity index (χ1v) is 11.6. The highest BCUT2D eigenvalue weighted by Gasteiger charge is 2.28. The molecule has 8 heteroatoms. The molecule has 1 unspecified atom stereocenters. The number of nitrogens with two attached hydrogens (primary N) is 1. The summed E-state index contributed by atoms with van der Waals surface area (Å²) in [6.07, 6.45) is 3.77. The number of primary amides is 1. The molecule has 0 spiro atoms. The molecule has 8 nitrogen and oxygen atoms in total. The van der Waals surface area contributed by atoms with Crippen molar-refractivity contribution < 1.29 is 4.79 Å². The molecule has 1 saturated heterocycles. The number of nitrogens with one attached hydrogen (secondary N) is 3. The number of aromatic nitrogens is 2. The van der Waals surface area contributed by atoms with Crippen LogP contribution in [0.2, 0.25) is 0 Å². The number of carbonyl (C=O) groups is 1. The quantitative estimate of drug-likeness (QED) is 0.512. The highest BCUT2D eigenvalue weighted by molar-refractivity contribution is 5.90. The van der Waals surface area contributed by atoms with Crippen molar-refractivity contribution in [3.05, 3.63) is 24.3 Å². The second kappa shape index (κ2) is 10.2. The molecule has 1 amide bonds. The largest absolute Gasteiger partial charge is 0.369 e. The van der Waals surface area contributed by atoms with Gasteiger partial charge in [-0.1, -0.05) is 12.1 Å². The Balaban J connectivity index is 1.41. The lowest BCUT2D eigenvalue weighted by atomic mass is 9.78. The minimum atomic E-state index is -0.159. The van der Waals surface area contributed by atoms with Crippen LogP contribution in [0.3, 0.4) is 0 Å². The topological polar surface area (TPSA) is 108 Å². The normalized spacial score (nSPS) is 23.4. The van der Waals surface area contributed by atoms with E-state index in [2.05, 4.69) is 33.8 Å². The molecule has 2 fully saturated rings. The van der Waals surface area contributed by atoms with Gasteiger partial charge in [0.2, 0.25) is 11.9 Å². The molecular formula is C23H35N7O. The summed E-state index contributed by atoms with van der Waals surface area (Å²) in [6.45, 7) is 8.34. The number of hydrogen-bond acceptors (Lipinski definition) is 7. The lowest BCUT2D eigenvalue weighted by Gasteiger charge is -2.31. The zero-order valence-corrected chi connectivity index (χ0v) is 18.4. The molecule has 5 N–H and O–H groups in total. The first kappa shape index (κ1) is 21.8. The standard InChI is InChI=1S/C23H35N7O/c1-16(17-6-8-18(9-7-17)21(24)31)27-23-28-20-5-3-2-4-19(20)22(29-23)26-12-15-30-13-10-25-11-14-30/h2-5,16-18,25H,6-15H2,1H3,(H2,24,31)(H2,26,27,28,29). The van der Waals surface area contributed by atoms with Gasteiger partial charge in [-0.05, 0) is 50.7 Å². The van der Waals surface area contributed by atoms with Gasteiger partial charge in [-0.25, -0.2) is 4.98 Å². The van der Waals surface area contributed by atoms with Crippen molar-refractivity contribution in [2.24, 2.45) is 17.6 Å². The fraction of sp³-hybridized carbons (Fsp3) is 0.609. The van der Waals surface area contributed by atoms with Crippen LogP contribution in [0, 0.1) is 11.8 Å². The number of hydrogen-bond donors (Lipinski definition) is 4. The molecule has 2 aliphatic rings. The third-order valence-electron chi connectivity index (χ3n) is 6.77. The minimum Gasteiger partial charge on any atom is -0.369 e. The highest BCUT2D eigenvalue weighted by Crippen LogP contribution is 2.32. The summed E-state index contributed by atoms with van der Waals surface area (Å²) in [6, 6.07) is 8.38. The number of benzene rings is 1. The van der Waals surface area contributed by atoms with E-state index in [1.54, 1.807) is 0 Å². The van der Waals surface area contributed by atoms with E-state index in [4.69, 9.17) is 15.7 Å². The molecular weight excluding hydrogens is 390 g/mol. The van der Waals surface area contributed by atoms with Crippen LogP contribution in [0.15, 0.2) is 24.3 Å². The SMILES string of the molecule is CC(Nc1nc(NCCN2CCNCC2)c2ccccc2n1)C1CCC(C(N)=O)CC1. The summed E-state index contributed by atoms with van der Waals surface area (Å²) >= 11 is 0. The van der Waals surface area contributed by atoms with Crippen molar-refractivity contribution in [3.63, 3.8) is 0 Å². The van der Waals surface area contributed by atoms with E-state index >= 15 is 0 Å². The van der Waals surface area contributed by atoms with Crippen LogP contribution < -0.4 is 21.7 Å². The summed E-state index contributed by atoms with van der Waals surface area (Å²) in [4.78, 5) is 23.5. The van der Waals surface area contributed by atoms with E-state index in [1.807, 2.05) is 18.2 Å². The second-order valence-electron chi connectivity index (χ2n) is 8.88. The van der Waals surface area contributed by atoms with E-state index in [0.29, 0.717) is 11.9 Å². The molecule has 0 bridgehead atoms. The van der Waals surface area contributed by atoms with E-state index < -0.39 is 0 Å². The molecule has 2 aromatic rings. The lowest BCUT2D eigenvalue weighted by molar-refractivity contribution is -0.123. The number of anilines is 2. The fourth-order valence-electron chi connectivity index (χ4n) is 4.77. The molecule has 0 radical (unpaired) electrons. The van der Waals surface area contributed by atoms with Gasteiger partial charge in [0.05, 0.1) is 5.52 Å². The van der Waals surface area contributed by atoms with Gasteiger partial charge in [0.15, 0.2) is 0 Å². The first-order valence-electron chi connectivity index (χ1n) is 11.6. The molecule has 1 aromatic carbocycles. The Morgan fingerprint density at radius 2 is 1.94 bits per heavy atom. The molecule has 4 rings (SSSR count). The van der Waals surface area contributed by atoms with E-state index in [0.717, 1.165) is 81.7 Å². The number of rotatable bonds is 8. The van der Waals surface area contributed by atoms with Gasteiger partial charge in [-0.3, -0.25) is 9.69 Å². The molecule has 31 heavy (non-hydrogen) atoms. The van der Waals surface area contributed by atoms with Crippen LogP contribution >= 0.6 is 0 Å². The Kier molecular flexibility index (Phi) is 7.19. The van der Waals surface area contributed by atoms with Gasteiger partial charge in [-0.2, -0.15) is 4.98 Å². The predicted octanol–water partition coefficient (Wildman–Crippen LogP) is 2.04. The van der Waals surface area contributed by atoms with E-state index in [1.165, 1.54) is 0 Å². The first-order chi connectivity index (χ1) is 15.1. The van der Waals surface area contributed by atoms with E-state index in [9.17, 15) is 4.79 Å². The molecule has 1 atom stereocenters. The highest BCUT2D eigenvalue weighted by atomic mass is 16.1. The Bertz CT molecular complexity index is 875. The Labute approximate surface area is 184 Å². The molecule has 1 saturated carbocycles. The van der Waals surface area contributed by atoms with Crippen molar-refractivity contribution in [2.45, 2.75) is 38.6 Å². The molecule has 1 aliphatic carbocycles.